The van der Waals surface area contributed by atoms with Crippen LogP contribution in [-0.4, -0.2) is 33.1 Å². The molecule has 1 aromatic carbocycles. The van der Waals surface area contributed by atoms with E-state index >= 15 is 0 Å². The molecular formula is C19H29IN4S. The van der Waals surface area contributed by atoms with Crippen LogP contribution < -0.4 is 15.5 Å². The van der Waals surface area contributed by atoms with Crippen LogP contribution in [0.3, 0.4) is 0 Å². The maximum atomic E-state index is 4.72. The second-order valence-electron chi connectivity index (χ2n) is 5.96. The molecule has 2 rings (SSSR count). The fourth-order valence-corrected chi connectivity index (χ4v) is 3.11. The van der Waals surface area contributed by atoms with Crippen molar-refractivity contribution >= 4 is 47.0 Å². The van der Waals surface area contributed by atoms with Crippen molar-refractivity contribution in [2.45, 2.75) is 26.8 Å². The monoisotopic (exact) mass is 472 g/mol. The van der Waals surface area contributed by atoms with Crippen molar-refractivity contribution in [3.8, 4) is 0 Å². The van der Waals surface area contributed by atoms with E-state index in [9.17, 15) is 0 Å². The molecule has 0 spiro atoms. The number of nitrogens with one attached hydrogen (secondary N) is 2. The van der Waals surface area contributed by atoms with Crippen molar-refractivity contribution in [2.24, 2.45) is 4.99 Å². The van der Waals surface area contributed by atoms with Gasteiger partial charge in [0.2, 0.25) is 0 Å². The van der Waals surface area contributed by atoms with Crippen molar-refractivity contribution < 1.29 is 0 Å². The average Bonchev–Trinajstić information content (AvgIpc) is 3.06. The van der Waals surface area contributed by atoms with Gasteiger partial charge >= 0.3 is 0 Å². The van der Waals surface area contributed by atoms with Crippen LogP contribution in [0.5, 0.6) is 0 Å². The molecule has 2 aromatic rings. The number of halogens is 1. The highest BCUT2D eigenvalue weighted by Gasteiger charge is 2.03. The van der Waals surface area contributed by atoms with E-state index in [1.807, 2.05) is 0 Å². The van der Waals surface area contributed by atoms with Crippen molar-refractivity contribution in [3.05, 3.63) is 51.7 Å². The van der Waals surface area contributed by atoms with E-state index in [-0.39, 0.29) is 24.0 Å². The maximum absolute atomic E-state index is 4.72. The standard InChI is InChI=1S/C19H28N4S.HI/c1-5-20-19(21-11-10-18-7-6-12-24-18)22-14-16-8-9-17(23(3)4)13-15(16)2;/h6-9,12-13H,5,10-11,14H2,1-4H3,(H2,20,21,22);1H. The zero-order valence-electron chi connectivity index (χ0n) is 15.5. The van der Waals surface area contributed by atoms with E-state index in [0.29, 0.717) is 6.54 Å². The number of nitrogens with zero attached hydrogens (tertiary/aromatic N) is 2. The Labute approximate surface area is 172 Å². The van der Waals surface area contributed by atoms with Gasteiger partial charge in [-0.3, -0.25) is 0 Å². The minimum absolute atomic E-state index is 0. The number of aryl methyl sites for hydroxylation is 1. The lowest BCUT2D eigenvalue weighted by atomic mass is 10.1. The quantitative estimate of drug-likeness (QED) is 0.363. The van der Waals surface area contributed by atoms with Gasteiger partial charge in [0.15, 0.2) is 5.96 Å². The lowest BCUT2D eigenvalue weighted by Gasteiger charge is -2.15. The van der Waals surface area contributed by atoms with Crippen molar-refractivity contribution in [3.63, 3.8) is 0 Å². The fourth-order valence-electron chi connectivity index (χ4n) is 2.40. The molecule has 4 nitrogen and oxygen atoms in total. The third-order valence-corrected chi connectivity index (χ3v) is 4.77. The first-order chi connectivity index (χ1) is 11.6. The molecule has 0 atom stereocenters. The molecule has 2 N–H and O–H groups in total. The van der Waals surface area contributed by atoms with E-state index in [2.05, 4.69) is 79.2 Å². The number of aliphatic imine (C=N–C) groups is 1. The first-order valence-corrected chi connectivity index (χ1v) is 9.29. The Hall–Kier alpha value is -1.28. The lowest BCUT2D eigenvalue weighted by Crippen LogP contribution is -2.38. The molecule has 0 amide bonds. The summed E-state index contributed by atoms with van der Waals surface area (Å²) in [4.78, 5) is 8.24. The van der Waals surface area contributed by atoms with Gasteiger partial charge in [-0.2, -0.15) is 0 Å². The lowest BCUT2D eigenvalue weighted by molar-refractivity contribution is 0.804. The first kappa shape index (κ1) is 21.8. The van der Waals surface area contributed by atoms with E-state index in [1.165, 1.54) is 21.7 Å². The third-order valence-electron chi connectivity index (χ3n) is 3.84. The number of thiophene rings is 1. The summed E-state index contributed by atoms with van der Waals surface area (Å²) in [6.45, 7) is 6.69. The predicted molar refractivity (Wildman–Crippen MR) is 122 cm³/mol. The van der Waals surface area contributed by atoms with Crippen LogP contribution in [0.2, 0.25) is 0 Å². The summed E-state index contributed by atoms with van der Waals surface area (Å²) < 4.78 is 0. The van der Waals surface area contributed by atoms with Gasteiger partial charge < -0.3 is 15.5 Å². The molecule has 0 aliphatic carbocycles. The molecule has 6 heteroatoms. The van der Waals surface area contributed by atoms with Crippen molar-refractivity contribution in [1.29, 1.82) is 0 Å². The smallest absolute Gasteiger partial charge is 0.191 e. The molecular weight excluding hydrogens is 443 g/mol. The van der Waals surface area contributed by atoms with Crippen LogP contribution in [0, 0.1) is 6.92 Å². The van der Waals surface area contributed by atoms with Gasteiger partial charge in [-0.1, -0.05) is 12.1 Å². The second-order valence-corrected chi connectivity index (χ2v) is 6.99. The number of rotatable bonds is 7. The van der Waals surface area contributed by atoms with E-state index < -0.39 is 0 Å². The van der Waals surface area contributed by atoms with Crippen LogP contribution in [0.4, 0.5) is 5.69 Å². The van der Waals surface area contributed by atoms with Gasteiger partial charge in [-0.15, -0.1) is 35.3 Å². The van der Waals surface area contributed by atoms with Crippen LogP contribution in [0.15, 0.2) is 40.7 Å². The highest BCUT2D eigenvalue weighted by atomic mass is 127. The molecule has 0 fully saturated rings. The number of hydrogen-bond acceptors (Lipinski definition) is 3. The minimum atomic E-state index is 0. The zero-order chi connectivity index (χ0) is 17.4. The Kier molecular flexibility index (Phi) is 9.89. The highest BCUT2D eigenvalue weighted by molar-refractivity contribution is 14.0. The van der Waals surface area contributed by atoms with Crippen LogP contribution in [-0.2, 0) is 13.0 Å². The normalized spacial score (nSPS) is 11.0. The number of hydrogen-bond donors (Lipinski definition) is 2. The van der Waals surface area contributed by atoms with Crippen LogP contribution >= 0.6 is 35.3 Å². The predicted octanol–water partition coefficient (Wildman–Crippen LogP) is 4.04. The maximum Gasteiger partial charge on any atom is 0.191 e. The molecule has 1 aromatic heterocycles. The van der Waals surface area contributed by atoms with Crippen molar-refractivity contribution in [1.82, 2.24) is 10.6 Å². The summed E-state index contributed by atoms with van der Waals surface area (Å²) in [5.74, 6) is 0.880. The van der Waals surface area contributed by atoms with E-state index in [0.717, 1.165) is 25.5 Å². The van der Waals surface area contributed by atoms with Crippen molar-refractivity contribution in [2.75, 3.05) is 32.1 Å². The molecule has 0 unspecified atom stereocenters. The molecule has 0 aliphatic heterocycles. The Balaban J connectivity index is 0.00000312. The topological polar surface area (TPSA) is 39.7 Å². The molecule has 25 heavy (non-hydrogen) atoms. The van der Waals surface area contributed by atoms with Gasteiger partial charge in [0.1, 0.15) is 0 Å². The van der Waals surface area contributed by atoms with Gasteiger partial charge in [-0.25, -0.2) is 4.99 Å². The zero-order valence-corrected chi connectivity index (χ0v) is 18.7. The number of guanidine groups is 1. The number of anilines is 1. The fraction of sp³-hybridized carbons (Fsp3) is 0.421. The highest BCUT2D eigenvalue weighted by Crippen LogP contribution is 2.18. The minimum Gasteiger partial charge on any atom is -0.378 e. The Morgan fingerprint density at radius 2 is 2.00 bits per heavy atom. The molecule has 0 bridgehead atoms. The van der Waals surface area contributed by atoms with Gasteiger partial charge in [-0.05, 0) is 55.0 Å². The summed E-state index contributed by atoms with van der Waals surface area (Å²) >= 11 is 1.80. The second kappa shape index (κ2) is 11.4. The molecule has 1 heterocycles. The number of benzene rings is 1. The summed E-state index contributed by atoms with van der Waals surface area (Å²) in [6, 6.07) is 10.8. The van der Waals surface area contributed by atoms with Gasteiger partial charge in [0, 0.05) is 37.7 Å². The molecule has 138 valence electrons. The molecule has 0 saturated carbocycles. The van der Waals surface area contributed by atoms with E-state index in [4.69, 9.17) is 4.99 Å². The summed E-state index contributed by atoms with van der Waals surface area (Å²) in [5, 5.41) is 8.85. The first-order valence-electron chi connectivity index (χ1n) is 8.41. The Bertz CT molecular complexity index is 653. The van der Waals surface area contributed by atoms with Gasteiger partial charge in [0.05, 0.1) is 6.54 Å². The molecule has 0 aliphatic rings. The Morgan fingerprint density at radius 3 is 2.60 bits per heavy atom. The molecule has 0 radical (unpaired) electrons. The molecule has 0 saturated heterocycles. The van der Waals surface area contributed by atoms with Gasteiger partial charge in [0.25, 0.3) is 0 Å². The summed E-state index contributed by atoms with van der Waals surface area (Å²) in [5.41, 5.74) is 3.76. The van der Waals surface area contributed by atoms with Crippen LogP contribution in [0.1, 0.15) is 22.9 Å². The van der Waals surface area contributed by atoms with E-state index in [1.54, 1.807) is 11.3 Å². The summed E-state index contributed by atoms with van der Waals surface area (Å²) in [7, 11) is 4.13. The van der Waals surface area contributed by atoms with Crippen LogP contribution in [0.25, 0.3) is 0 Å². The summed E-state index contributed by atoms with van der Waals surface area (Å²) in [6.07, 6.45) is 1.03. The Morgan fingerprint density at radius 1 is 1.20 bits per heavy atom. The third kappa shape index (κ3) is 7.23. The average molecular weight is 472 g/mol. The SMILES string of the molecule is CCNC(=NCc1ccc(N(C)C)cc1C)NCCc1cccs1.I. The largest absolute Gasteiger partial charge is 0.378 e.